The number of carbonyl (C=O) groups excluding carboxylic acids is 1. The van der Waals surface area contributed by atoms with Crippen molar-refractivity contribution < 1.29 is 9.90 Å². The summed E-state index contributed by atoms with van der Waals surface area (Å²) in [6, 6.07) is 8.07. The maximum atomic E-state index is 12.6. The van der Waals surface area contributed by atoms with E-state index < -0.39 is 6.10 Å². The summed E-state index contributed by atoms with van der Waals surface area (Å²) in [5.41, 5.74) is 1.77. The van der Waals surface area contributed by atoms with Crippen molar-refractivity contribution in [3.05, 3.63) is 24.3 Å². The van der Waals surface area contributed by atoms with Gasteiger partial charge in [0, 0.05) is 12.6 Å². The number of fused-ring (bicyclic) bond motifs is 1. The normalized spacial score (nSPS) is 17.2. The Kier molecular flexibility index (Phi) is 5.91. The molecule has 136 valence electrons. The van der Waals surface area contributed by atoms with Crippen LogP contribution in [0.3, 0.4) is 0 Å². The molecule has 1 fully saturated rings. The molecule has 1 aliphatic rings. The number of hydrogen-bond donors (Lipinski definition) is 3. The predicted molar refractivity (Wildman–Crippen MR) is 99.5 cm³/mol. The molecular formula is C19H28N4O2. The number of carbonyl (C=O) groups is 1. The van der Waals surface area contributed by atoms with Gasteiger partial charge in [0.2, 0.25) is 11.9 Å². The van der Waals surface area contributed by atoms with Crippen molar-refractivity contribution in [1.29, 1.82) is 0 Å². The molecule has 0 unspecified atom stereocenters. The SMILES string of the molecule is C[C@H](O)CNc1nc2ccccc2n1CC(=O)NC1CCCCCC1. The Morgan fingerprint density at radius 1 is 1.28 bits per heavy atom. The van der Waals surface area contributed by atoms with Gasteiger partial charge in [-0.05, 0) is 31.9 Å². The van der Waals surface area contributed by atoms with Gasteiger partial charge in [0.1, 0.15) is 6.54 Å². The molecule has 1 heterocycles. The van der Waals surface area contributed by atoms with E-state index in [1.165, 1.54) is 25.7 Å². The minimum atomic E-state index is -0.479. The molecule has 1 aromatic heterocycles. The molecule has 0 radical (unpaired) electrons. The lowest BCUT2D eigenvalue weighted by atomic mass is 10.1. The second-order valence-corrected chi connectivity index (χ2v) is 7.00. The Morgan fingerprint density at radius 2 is 2.00 bits per heavy atom. The molecule has 2 aromatic rings. The summed E-state index contributed by atoms with van der Waals surface area (Å²) in [6.07, 6.45) is 6.60. The van der Waals surface area contributed by atoms with Gasteiger partial charge in [0.05, 0.1) is 17.1 Å². The topological polar surface area (TPSA) is 79.2 Å². The van der Waals surface area contributed by atoms with Gasteiger partial charge in [-0.15, -0.1) is 0 Å². The van der Waals surface area contributed by atoms with E-state index in [4.69, 9.17) is 0 Å². The molecule has 1 atom stereocenters. The number of amides is 1. The first kappa shape index (κ1) is 17.7. The number of nitrogens with one attached hydrogen (secondary N) is 2. The third kappa shape index (κ3) is 4.72. The van der Waals surface area contributed by atoms with Crippen molar-refractivity contribution >= 4 is 22.9 Å². The van der Waals surface area contributed by atoms with Gasteiger partial charge in [-0.25, -0.2) is 4.98 Å². The highest BCUT2D eigenvalue weighted by molar-refractivity contribution is 5.83. The smallest absolute Gasteiger partial charge is 0.240 e. The van der Waals surface area contributed by atoms with Gasteiger partial charge in [-0.3, -0.25) is 4.79 Å². The molecule has 0 spiro atoms. The maximum Gasteiger partial charge on any atom is 0.240 e. The van der Waals surface area contributed by atoms with E-state index in [2.05, 4.69) is 15.6 Å². The van der Waals surface area contributed by atoms with Crippen LogP contribution in [0.4, 0.5) is 5.95 Å². The van der Waals surface area contributed by atoms with Crippen molar-refractivity contribution in [3.63, 3.8) is 0 Å². The number of benzene rings is 1. The van der Waals surface area contributed by atoms with Crippen LogP contribution in [0, 0.1) is 0 Å². The van der Waals surface area contributed by atoms with Gasteiger partial charge >= 0.3 is 0 Å². The van der Waals surface area contributed by atoms with Crippen LogP contribution in [0.5, 0.6) is 0 Å². The lowest BCUT2D eigenvalue weighted by Gasteiger charge is -2.17. The molecule has 1 aromatic carbocycles. The first-order chi connectivity index (χ1) is 12.1. The highest BCUT2D eigenvalue weighted by Gasteiger charge is 2.18. The zero-order chi connectivity index (χ0) is 17.6. The maximum absolute atomic E-state index is 12.6. The highest BCUT2D eigenvalue weighted by Crippen LogP contribution is 2.20. The van der Waals surface area contributed by atoms with Crippen molar-refractivity contribution in [2.75, 3.05) is 11.9 Å². The molecule has 1 aliphatic carbocycles. The van der Waals surface area contributed by atoms with Gasteiger partial charge < -0.3 is 20.3 Å². The number of imidazole rings is 1. The number of para-hydroxylation sites is 2. The van der Waals surface area contributed by atoms with Gasteiger partial charge in [0.15, 0.2) is 0 Å². The molecule has 3 rings (SSSR count). The molecule has 6 heteroatoms. The van der Waals surface area contributed by atoms with Crippen molar-refractivity contribution in [1.82, 2.24) is 14.9 Å². The Labute approximate surface area is 148 Å². The van der Waals surface area contributed by atoms with Crippen LogP contribution in [-0.2, 0) is 11.3 Å². The predicted octanol–water partition coefficient (Wildman–Crippen LogP) is 2.67. The van der Waals surface area contributed by atoms with E-state index in [1.54, 1.807) is 6.92 Å². The molecule has 1 saturated carbocycles. The summed E-state index contributed by atoms with van der Waals surface area (Å²) in [6.45, 7) is 2.35. The number of hydrogen-bond acceptors (Lipinski definition) is 4. The van der Waals surface area contributed by atoms with Crippen molar-refractivity contribution in [2.45, 2.75) is 64.1 Å². The summed E-state index contributed by atoms with van der Waals surface area (Å²) in [4.78, 5) is 17.1. The van der Waals surface area contributed by atoms with Crippen LogP contribution in [0.25, 0.3) is 11.0 Å². The van der Waals surface area contributed by atoms with E-state index in [-0.39, 0.29) is 12.5 Å². The summed E-state index contributed by atoms with van der Waals surface area (Å²) >= 11 is 0. The lowest BCUT2D eigenvalue weighted by Crippen LogP contribution is -2.37. The van der Waals surface area contributed by atoms with Crippen LogP contribution in [0.1, 0.15) is 45.4 Å². The van der Waals surface area contributed by atoms with Crippen LogP contribution in [-0.4, -0.2) is 39.3 Å². The molecule has 0 bridgehead atoms. The summed E-state index contributed by atoms with van der Waals surface area (Å²) in [5, 5.41) is 15.9. The Balaban J connectivity index is 1.74. The monoisotopic (exact) mass is 344 g/mol. The second-order valence-electron chi connectivity index (χ2n) is 7.00. The van der Waals surface area contributed by atoms with E-state index in [0.29, 0.717) is 18.5 Å². The Hall–Kier alpha value is -2.08. The molecule has 0 saturated heterocycles. The first-order valence-corrected chi connectivity index (χ1v) is 9.30. The summed E-state index contributed by atoms with van der Waals surface area (Å²) < 4.78 is 1.89. The second kappa shape index (κ2) is 8.34. The van der Waals surface area contributed by atoms with Crippen LogP contribution in [0.2, 0.25) is 0 Å². The number of anilines is 1. The van der Waals surface area contributed by atoms with Gasteiger partial charge in [-0.2, -0.15) is 0 Å². The zero-order valence-electron chi connectivity index (χ0n) is 14.9. The number of aromatic nitrogens is 2. The molecule has 3 N–H and O–H groups in total. The fourth-order valence-corrected chi connectivity index (χ4v) is 3.45. The van der Waals surface area contributed by atoms with Gasteiger partial charge in [0.25, 0.3) is 0 Å². The summed E-state index contributed by atoms with van der Waals surface area (Å²) in [5.74, 6) is 0.647. The standard InChI is InChI=1S/C19H28N4O2/c1-14(24)12-20-19-22-16-10-6-7-11-17(16)23(19)13-18(25)21-15-8-4-2-3-5-9-15/h6-7,10-11,14-15,24H,2-5,8-9,12-13H2,1H3,(H,20,22)(H,21,25)/t14-/m0/s1. The fourth-order valence-electron chi connectivity index (χ4n) is 3.45. The quantitative estimate of drug-likeness (QED) is 0.704. The third-order valence-electron chi connectivity index (χ3n) is 4.73. The average Bonchev–Trinajstić information content (AvgIpc) is 2.75. The fraction of sp³-hybridized carbons (Fsp3) is 0.579. The van der Waals surface area contributed by atoms with Crippen molar-refractivity contribution in [3.8, 4) is 0 Å². The molecule has 6 nitrogen and oxygen atoms in total. The van der Waals surface area contributed by atoms with E-state index in [9.17, 15) is 9.90 Å². The lowest BCUT2D eigenvalue weighted by molar-refractivity contribution is -0.122. The van der Waals surface area contributed by atoms with E-state index in [0.717, 1.165) is 23.9 Å². The van der Waals surface area contributed by atoms with Crippen LogP contribution in [0.15, 0.2) is 24.3 Å². The van der Waals surface area contributed by atoms with Crippen LogP contribution >= 0.6 is 0 Å². The Bertz CT molecular complexity index is 703. The number of nitrogens with zero attached hydrogens (tertiary/aromatic N) is 2. The minimum absolute atomic E-state index is 0.0233. The Morgan fingerprint density at radius 3 is 2.72 bits per heavy atom. The average molecular weight is 344 g/mol. The van der Waals surface area contributed by atoms with E-state index in [1.807, 2.05) is 28.8 Å². The molecular weight excluding hydrogens is 316 g/mol. The minimum Gasteiger partial charge on any atom is -0.392 e. The largest absolute Gasteiger partial charge is 0.392 e. The number of rotatable bonds is 6. The highest BCUT2D eigenvalue weighted by atomic mass is 16.3. The third-order valence-corrected chi connectivity index (χ3v) is 4.73. The summed E-state index contributed by atoms with van der Waals surface area (Å²) in [7, 11) is 0. The first-order valence-electron chi connectivity index (χ1n) is 9.30. The van der Waals surface area contributed by atoms with E-state index >= 15 is 0 Å². The molecule has 1 amide bonds. The zero-order valence-corrected chi connectivity index (χ0v) is 14.9. The number of aliphatic hydroxyl groups is 1. The molecule has 0 aliphatic heterocycles. The van der Waals surface area contributed by atoms with Gasteiger partial charge in [-0.1, -0.05) is 37.8 Å². The number of aliphatic hydroxyl groups excluding tert-OH is 1. The van der Waals surface area contributed by atoms with Crippen LogP contribution < -0.4 is 10.6 Å². The van der Waals surface area contributed by atoms with Crippen molar-refractivity contribution in [2.24, 2.45) is 0 Å². The molecule has 25 heavy (non-hydrogen) atoms.